The first kappa shape index (κ1) is 14.9. The van der Waals surface area contributed by atoms with Gasteiger partial charge in [-0.15, -0.1) is 11.3 Å². The summed E-state index contributed by atoms with van der Waals surface area (Å²) in [6, 6.07) is 5.44. The molecule has 0 aliphatic carbocycles. The van der Waals surface area contributed by atoms with Gasteiger partial charge in [-0.2, -0.15) is 0 Å². The van der Waals surface area contributed by atoms with E-state index in [0.29, 0.717) is 19.0 Å². The lowest BCUT2D eigenvalue weighted by atomic mass is 10.1. The number of ether oxygens (including phenoxy) is 1. The van der Waals surface area contributed by atoms with Crippen molar-refractivity contribution in [1.29, 1.82) is 0 Å². The lowest BCUT2D eigenvalue weighted by molar-refractivity contribution is 0.290. The molecule has 0 unspecified atom stereocenters. The van der Waals surface area contributed by atoms with Gasteiger partial charge >= 0.3 is 0 Å². The minimum atomic E-state index is -0.348. The average molecular weight is 294 g/mol. The standard InChI is InChI=1S/C15H19FN2OS/c1-15(2,3)18-8-11-7-12(16)9-17-14(11)19-10-13-5-4-6-20-13/h4-7,9,18H,8,10H2,1-3H3. The molecule has 1 N–H and O–H groups in total. The summed E-state index contributed by atoms with van der Waals surface area (Å²) in [6.45, 7) is 7.16. The second-order valence-corrected chi connectivity index (χ2v) is 6.62. The lowest BCUT2D eigenvalue weighted by Crippen LogP contribution is -2.35. The largest absolute Gasteiger partial charge is 0.472 e. The number of hydrogen-bond donors (Lipinski definition) is 1. The number of halogens is 1. The molecule has 0 amide bonds. The molecule has 0 saturated carbocycles. The predicted octanol–water partition coefficient (Wildman–Crippen LogP) is 3.75. The second-order valence-electron chi connectivity index (χ2n) is 5.59. The van der Waals surface area contributed by atoms with Crippen molar-refractivity contribution in [2.24, 2.45) is 0 Å². The number of aromatic nitrogens is 1. The third-order valence-corrected chi connectivity index (χ3v) is 3.48. The molecular weight excluding hydrogens is 275 g/mol. The van der Waals surface area contributed by atoms with Crippen molar-refractivity contribution in [3.8, 4) is 5.88 Å². The van der Waals surface area contributed by atoms with Gasteiger partial charge in [-0.25, -0.2) is 9.37 Å². The number of thiophene rings is 1. The molecule has 108 valence electrons. The van der Waals surface area contributed by atoms with Crippen molar-refractivity contribution in [1.82, 2.24) is 10.3 Å². The average Bonchev–Trinajstić information content (AvgIpc) is 2.87. The van der Waals surface area contributed by atoms with Crippen LogP contribution in [-0.4, -0.2) is 10.5 Å². The van der Waals surface area contributed by atoms with Crippen LogP contribution in [0, 0.1) is 5.82 Å². The maximum absolute atomic E-state index is 13.3. The van der Waals surface area contributed by atoms with Gasteiger partial charge in [-0.1, -0.05) is 6.07 Å². The van der Waals surface area contributed by atoms with Crippen LogP contribution in [0.15, 0.2) is 29.8 Å². The van der Waals surface area contributed by atoms with Crippen LogP contribution in [-0.2, 0) is 13.2 Å². The number of hydrogen-bond acceptors (Lipinski definition) is 4. The Morgan fingerprint density at radius 1 is 1.40 bits per heavy atom. The van der Waals surface area contributed by atoms with E-state index in [-0.39, 0.29) is 11.4 Å². The van der Waals surface area contributed by atoms with E-state index in [1.54, 1.807) is 11.3 Å². The van der Waals surface area contributed by atoms with Gasteiger partial charge in [0, 0.05) is 22.5 Å². The van der Waals surface area contributed by atoms with Crippen LogP contribution < -0.4 is 10.1 Å². The minimum Gasteiger partial charge on any atom is -0.472 e. The monoisotopic (exact) mass is 294 g/mol. The fourth-order valence-electron chi connectivity index (χ4n) is 1.62. The van der Waals surface area contributed by atoms with Crippen LogP contribution in [0.5, 0.6) is 5.88 Å². The second kappa shape index (κ2) is 6.33. The molecule has 3 nitrogen and oxygen atoms in total. The molecule has 0 aliphatic rings. The topological polar surface area (TPSA) is 34.2 Å². The molecule has 0 fully saturated rings. The highest BCUT2D eigenvalue weighted by Crippen LogP contribution is 2.19. The Hall–Kier alpha value is -1.46. The van der Waals surface area contributed by atoms with E-state index in [9.17, 15) is 4.39 Å². The highest BCUT2D eigenvalue weighted by Gasteiger charge is 2.13. The van der Waals surface area contributed by atoms with Gasteiger partial charge in [-0.3, -0.25) is 0 Å². The van der Waals surface area contributed by atoms with Crippen LogP contribution in [0.2, 0.25) is 0 Å². The van der Waals surface area contributed by atoms with Crippen molar-refractivity contribution in [3.05, 3.63) is 46.0 Å². The van der Waals surface area contributed by atoms with Crippen LogP contribution in [0.3, 0.4) is 0 Å². The summed E-state index contributed by atoms with van der Waals surface area (Å²) in [5.41, 5.74) is 0.689. The number of nitrogens with zero attached hydrogens (tertiary/aromatic N) is 1. The summed E-state index contributed by atoms with van der Waals surface area (Å²) < 4.78 is 19.0. The molecule has 2 heterocycles. The third-order valence-electron chi connectivity index (χ3n) is 2.63. The molecule has 2 rings (SSSR count). The maximum atomic E-state index is 13.3. The highest BCUT2D eigenvalue weighted by molar-refractivity contribution is 7.09. The van der Waals surface area contributed by atoms with Crippen molar-refractivity contribution in [2.45, 2.75) is 39.5 Å². The van der Waals surface area contributed by atoms with Crippen molar-refractivity contribution < 1.29 is 9.13 Å². The smallest absolute Gasteiger partial charge is 0.218 e. The van der Waals surface area contributed by atoms with E-state index in [2.05, 4.69) is 31.1 Å². The van der Waals surface area contributed by atoms with Gasteiger partial charge in [0.2, 0.25) is 5.88 Å². The van der Waals surface area contributed by atoms with Gasteiger partial charge in [0.1, 0.15) is 12.4 Å². The Morgan fingerprint density at radius 3 is 2.85 bits per heavy atom. The Bertz CT molecular complexity index is 549. The molecule has 0 saturated heterocycles. The Morgan fingerprint density at radius 2 is 2.20 bits per heavy atom. The molecule has 5 heteroatoms. The zero-order valence-corrected chi connectivity index (χ0v) is 12.8. The van der Waals surface area contributed by atoms with Gasteiger partial charge < -0.3 is 10.1 Å². The van der Waals surface area contributed by atoms with Gasteiger partial charge in [0.15, 0.2) is 0 Å². The van der Waals surface area contributed by atoms with Crippen LogP contribution in [0.25, 0.3) is 0 Å². The van der Waals surface area contributed by atoms with E-state index in [1.807, 2.05) is 17.5 Å². The Labute approximate surface area is 122 Å². The van der Waals surface area contributed by atoms with E-state index in [4.69, 9.17) is 4.74 Å². The quantitative estimate of drug-likeness (QED) is 0.912. The van der Waals surface area contributed by atoms with Crippen molar-refractivity contribution in [3.63, 3.8) is 0 Å². The normalized spacial score (nSPS) is 11.6. The van der Waals surface area contributed by atoms with E-state index in [0.717, 1.165) is 10.4 Å². The molecule has 2 aromatic rings. The summed E-state index contributed by atoms with van der Waals surface area (Å²) in [5.74, 6) is 0.135. The summed E-state index contributed by atoms with van der Waals surface area (Å²) in [6.07, 6.45) is 1.18. The minimum absolute atomic E-state index is 0.0443. The SMILES string of the molecule is CC(C)(C)NCc1cc(F)cnc1OCc1cccs1. The van der Waals surface area contributed by atoms with Gasteiger partial charge in [0.05, 0.1) is 6.20 Å². The number of pyridine rings is 1. The molecule has 20 heavy (non-hydrogen) atoms. The fourth-order valence-corrected chi connectivity index (χ4v) is 2.24. The molecule has 0 spiro atoms. The van der Waals surface area contributed by atoms with Gasteiger partial charge in [-0.05, 0) is 38.3 Å². The van der Waals surface area contributed by atoms with Crippen LogP contribution in [0.1, 0.15) is 31.2 Å². The molecule has 0 atom stereocenters. The lowest BCUT2D eigenvalue weighted by Gasteiger charge is -2.21. The van der Waals surface area contributed by atoms with E-state index >= 15 is 0 Å². The number of rotatable bonds is 5. The zero-order chi connectivity index (χ0) is 14.6. The molecule has 0 aromatic carbocycles. The summed E-state index contributed by atoms with van der Waals surface area (Å²) in [7, 11) is 0. The van der Waals surface area contributed by atoms with E-state index in [1.165, 1.54) is 12.3 Å². The highest BCUT2D eigenvalue weighted by atomic mass is 32.1. The first-order chi connectivity index (χ1) is 9.44. The van der Waals surface area contributed by atoms with E-state index < -0.39 is 0 Å². The Balaban J connectivity index is 2.07. The first-order valence-corrected chi connectivity index (χ1v) is 7.37. The van der Waals surface area contributed by atoms with Crippen LogP contribution >= 0.6 is 11.3 Å². The number of nitrogens with one attached hydrogen (secondary N) is 1. The Kier molecular flexibility index (Phi) is 4.73. The fraction of sp³-hybridized carbons (Fsp3) is 0.400. The predicted molar refractivity (Wildman–Crippen MR) is 79.4 cm³/mol. The molecule has 0 radical (unpaired) electrons. The third kappa shape index (κ3) is 4.58. The van der Waals surface area contributed by atoms with Gasteiger partial charge in [0.25, 0.3) is 0 Å². The molecule has 0 bridgehead atoms. The maximum Gasteiger partial charge on any atom is 0.218 e. The van der Waals surface area contributed by atoms with Crippen LogP contribution in [0.4, 0.5) is 4.39 Å². The first-order valence-electron chi connectivity index (χ1n) is 6.49. The molecule has 0 aliphatic heterocycles. The molecule has 2 aromatic heterocycles. The summed E-state index contributed by atoms with van der Waals surface area (Å²) in [5, 5.41) is 5.31. The zero-order valence-electron chi connectivity index (χ0n) is 11.9. The van der Waals surface area contributed by atoms with Crippen molar-refractivity contribution >= 4 is 11.3 Å². The summed E-state index contributed by atoms with van der Waals surface area (Å²) >= 11 is 1.63. The van der Waals surface area contributed by atoms with Crippen molar-refractivity contribution in [2.75, 3.05) is 0 Å². The molecular formula is C15H19FN2OS. The summed E-state index contributed by atoms with van der Waals surface area (Å²) in [4.78, 5) is 5.16.